The summed E-state index contributed by atoms with van der Waals surface area (Å²) < 4.78 is 5.74. The molecule has 0 aliphatic carbocycles. The zero-order chi connectivity index (χ0) is 13.5. The Kier molecular flexibility index (Phi) is 5.67. The van der Waals surface area contributed by atoms with Crippen LogP contribution in [0.15, 0.2) is 18.2 Å². The van der Waals surface area contributed by atoms with Gasteiger partial charge in [0.2, 0.25) is 0 Å². The molecule has 0 bridgehead atoms. The Bertz CT molecular complexity index is 421. The largest absolute Gasteiger partial charge is 0.493 e. The van der Waals surface area contributed by atoms with Gasteiger partial charge >= 0.3 is 0 Å². The first-order valence-electron chi connectivity index (χ1n) is 6.39. The fourth-order valence-corrected chi connectivity index (χ4v) is 1.75. The third kappa shape index (κ3) is 4.38. The molecule has 0 saturated carbocycles. The molecule has 1 unspecified atom stereocenters. The molecule has 0 spiro atoms. The van der Waals surface area contributed by atoms with Crippen molar-refractivity contribution in [3.05, 3.63) is 29.3 Å². The molecule has 1 N–H and O–H groups in total. The molecule has 1 atom stereocenters. The Balaban J connectivity index is 2.46. The molecule has 98 valence electrons. The second kappa shape index (κ2) is 7.03. The highest BCUT2D eigenvalue weighted by Gasteiger charge is 2.09. The monoisotopic (exact) mass is 246 g/mol. The van der Waals surface area contributed by atoms with Gasteiger partial charge in [-0.3, -0.25) is 5.32 Å². The molecule has 3 nitrogen and oxygen atoms in total. The second-order valence-electron chi connectivity index (χ2n) is 4.84. The molecule has 0 aliphatic rings. The molecule has 0 fully saturated rings. The van der Waals surface area contributed by atoms with Crippen LogP contribution in [0.2, 0.25) is 0 Å². The topological polar surface area (TPSA) is 45.0 Å². The third-order valence-electron chi connectivity index (χ3n) is 2.91. The summed E-state index contributed by atoms with van der Waals surface area (Å²) in [5.74, 6) is 0.913. The van der Waals surface area contributed by atoms with Gasteiger partial charge in [0.15, 0.2) is 0 Å². The summed E-state index contributed by atoms with van der Waals surface area (Å²) in [6.07, 6.45) is 0.696. The molecule has 0 aromatic heterocycles. The Morgan fingerprint density at radius 2 is 2.06 bits per heavy atom. The highest BCUT2D eigenvalue weighted by molar-refractivity contribution is 5.38. The van der Waals surface area contributed by atoms with Gasteiger partial charge in [-0.15, -0.1) is 0 Å². The van der Waals surface area contributed by atoms with Gasteiger partial charge in [-0.25, -0.2) is 0 Å². The molecule has 0 amide bonds. The second-order valence-corrected chi connectivity index (χ2v) is 4.84. The zero-order valence-electron chi connectivity index (χ0n) is 11.7. The molecule has 18 heavy (non-hydrogen) atoms. The number of nitriles is 1. The number of hydrogen-bond donors (Lipinski definition) is 1. The number of ether oxygens (including phenoxy) is 1. The Hall–Kier alpha value is -1.53. The lowest BCUT2D eigenvalue weighted by Crippen LogP contribution is -2.34. The Morgan fingerprint density at radius 1 is 1.33 bits per heavy atom. The maximum atomic E-state index is 9.00. The van der Waals surface area contributed by atoms with Gasteiger partial charge < -0.3 is 4.74 Å². The van der Waals surface area contributed by atoms with Gasteiger partial charge in [0.05, 0.1) is 18.7 Å². The highest BCUT2D eigenvalue weighted by Crippen LogP contribution is 2.20. The van der Waals surface area contributed by atoms with Gasteiger partial charge in [-0.2, -0.15) is 5.26 Å². The summed E-state index contributed by atoms with van der Waals surface area (Å²) in [5, 5.41) is 12.2. The molecule has 3 heteroatoms. The summed E-state index contributed by atoms with van der Waals surface area (Å²) in [6, 6.07) is 8.46. The number of nitrogens with one attached hydrogen (secondary N) is 1. The minimum Gasteiger partial charge on any atom is -0.493 e. The summed E-state index contributed by atoms with van der Waals surface area (Å²) in [4.78, 5) is 0. The first-order chi connectivity index (χ1) is 8.54. The highest BCUT2D eigenvalue weighted by atomic mass is 16.5. The lowest BCUT2D eigenvalue weighted by Gasteiger charge is -2.16. The van der Waals surface area contributed by atoms with E-state index in [1.165, 1.54) is 11.1 Å². The van der Waals surface area contributed by atoms with E-state index in [-0.39, 0.29) is 6.04 Å². The van der Waals surface area contributed by atoms with Crippen molar-refractivity contribution in [2.45, 2.75) is 46.2 Å². The van der Waals surface area contributed by atoms with Crippen molar-refractivity contribution in [2.75, 3.05) is 6.61 Å². The number of hydrogen-bond acceptors (Lipinski definition) is 3. The summed E-state index contributed by atoms with van der Waals surface area (Å²) in [5.41, 5.74) is 2.40. The van der Waals surface area contributed by atoms with Crippen LogP contribution in [0, 0.1) is 25.2 Å². The Morgan fingerprint density at radius 3 is 2.67 bits per heavy atom. The quantitative estimate of drug-likeness (QED) is 0.839. The van der Waals surface area contributed by atoms with E-state index in [0.717, 1.165) is 5.75 Å². The van der Waals surface area contributed by atoms with Crippen LogP contribution in [-0.2, 0) is 0 Å². The van der Waals surface area contributed by atoms with Crippen LogP contribution in [0.5, 0.6) is 5.75 Å². The first-order valence-corrected chi connectivity index (χ1v) is 6.39. The normalized spacial score (nSPS) is 12.2. The van der Waals surface area contributed by atoms with Crippen LogP contribution in [0.3, 0.4) is 0 Å². The van der Waals surface area contributed by atoms with Crippen LogP contribution in [0.1, 0.15) is 31.4 Å². The lowest BCUT2D eigenvalue weighted by atomic mass is 10.1. The average molecular weight is 246 g/mol. The molecule has 0 aliphatic heterocycles. The molecular weight excluding hydrogens is 224 g/mol. The van der Waals surface area contributed by atoms with E-state index in [2.05, 4.69) is 31.3 Å². The number of nitrogens with zero attached hydrogens (tertiary/aromatic N) is 1. The zero-order valence-corrected chi connectivity index (χ0v) is 11.7. The standard InChI is InChI=1S/C15H22N2O/c1-11(2)17-14(10-16)8-9-18-15-7-5-6-12(3)13(15)4/h5-7,11,14,17H,8-9H2,1-4H3. The van der Waals surface area contributed by atoms with Gasteiger partial charge in [0.1, 0.15) is 5.75 Å². The molecule has 1 aromatic carbocycles. The van der Waals surface area contributed by atoms with E-state index in [1.54, 1.807) is 0 Å². The molecule has 1 aromatic rings. The van der Waals surface area contributed by atoms with E-state index in [9.17, 15) is 0 Å². The number of aryl methyl sites for hydroxylation is 1. The van der Waals surface area contributed by atoms with Crippen LogP contribution in [-0.4, -0.2) is 18.7 Å². The first kappa shape index (κ1) is 14.5. The number of benzene rings is 1. The summed E-state index contributed by atoms with van der Waals surface area (Å²) in [7, 11) is 0. The fourth-order valence-electron chi connectivity index (χ4n) is 1.75. The predicted molar refractivity (Wildman–Crippen MR) is 73.7 cm³/mol. The fraction of sp³-hybridized carbons (Fsp3) is 0.533. The summed E-state index contributed by atoms with van der Waals surface area (Å²) in [6.45, 7) is 8.76. The lowest BCUT2D eigenvalue weighted by molar-refractivity contribution is 0.292. The van der Waals surface area contributed by atoms with E-state index < -0.39 is 0 Å². The van der Waals surface area contributed by atoms with Crippen LogP contribution in [0.25, 0.3) is 0 Å². The maximum absolute atomic E-state index is 9.00. The van der Waals surface area contributed by atoms with E-state index >= 15 is 0 Å². The van der Waals surface area contributed by atoms with Crippen LogP contribution < -0.4 is 10.1 Å². The van der Waals surface area contributed by atoms with Crippen molar-refractivity contribution < 1.29 is 4.74 Å². The minimum atomic E-state index is -0.143. The van der Waals surface area contributed by atoms with Gasteiger partial charge in [-0.1, -0.05) is 12.1 Å². The SMILES string of the molecule is Cc1cccc(OCCC(C#N)NC(C)C)c1C. The molecule has 0 saturated heterocycles. The maximum Gasteiger partial charge on any atom is 0.122 e. The Labute approximate surface area is 110 Å². The van der Waals surface area contributed by atoms with E-state index in [1.807, 2.05) is 26.0 Å². The van der Waals surface area contributed by atoms with Crippen molar-refractivity contribution in [3.63, 3.8) is 0 Å². The predicted octanol–water partition coefficient (Wildman–Crippen LogP) is 2.96. The van der Waals surface area contributed by atoms with E-state index in [0.29, 0.717) is 19.1 Å². The molecular formula is C15H22N2O. The van der Waals surface area contributed by atoms with Crippen molar-refractivity contribution in [3.8, 4) is 11.8 Å². The minimum absolute atomic E-state index is 0.143. The van der Waals surface area contributed by atoms with Crippen LogP contribution >= 0.6 is 0 Å². The van der Waals surface area contributed by atoms with E-state index in [4.69, 9.17) is 10.00 Å². The molecule has 0 heterocycles. The van der Waals surface area contributed by atoms with Crippen LogP contribution in [0.4, 0.5) is 0 Å². The number of rotatable bonds is 6. The average Bonchev–Trinajstić information content (AvgIpc) is 2.32. The molecule has 1 rings (SSSR count). The summed E-state index contributed by atoms with van der Waals surface area (Å²) >= 11 is 0. The van der Waals surface area contributed by atoms with Crippen molar-refractivity contribution >= 4 is 0 Å². The molecule has 0 radical (unpaired) electrons. The van der Waals surface area contributed by atoms with Crippen molar-refractivity contribution in [1.29, 1.82) is 5.26 Å². The van der Waals surface area contributed by atoms with Gasteiger partial charge in [-0.05, 0) is 44.9 Å². The van der Waals surface area contributed by atoms with Gasteiger partial charge in [0, 0.05) is 12.5 Å². The van der Waals surface area contributed by atoms with Crippen molar-refractivity contribution in [1.82, 2.24) is 5.32 Å². The third-order valence-corrected chi connectivity index (χ3v) is 2.91. The van der Waals surface area contributed by atoms with Gasteiger partial charge in [0.25, 0.3) is 0 Å². The smallest absolute Gasteiger partial charge is 0.122 e. The van der Waals surface area contributed by atoms with Crippen molar-refractivity contribution in [2.24, 2.45) is 0 Å².